The second kappa shape index (κ2) is 5.71. The van der Waals surface area contributed by atoms with E-state index in [0.717, 1.165) is 11.1 Å². The SMILES string of the molecule is COc1cc(CC(C)=O)c(C(C)C)cc1OC. The van der Waals surface area contributed by atoms with Gasteiger partial charge in [0.25, 0.3) is 0 Å². The average molecular weight is 236 g/mol. The Kier molecular flexibility index (Phi) is 4.55. The van der Waals surface area contributed by atoms with E-state index in [4.69, 9.17) is 9.47 Å². The normalized spacial score (nSPS) is 10.5. The molecule has 0 aliphatic heterocycles. The first kappa shape index (κ1) is 13.6. The van der Waals surface area contributed by atoms with Crippen molar-refractivity contribution in [1.29, 1.82) is 0 Å². The number of Topliss-reactive ketones (excluding diaryl/α,β-unsaturated/α-hetero) is 1. The molecule has 1 rings (SSSR count). The van der Waals surface area contributed by atoms with Crippen molar-refractivity contribution < 1.29 is 14.3 Å². The van der Waals surface area contributed by atoms with Crippen molar-refractivity contribution in [3.05, 3.63) is 23.3 Å². The van der Waals surface area contributed by atoms with Crippen LogP contribution in [0.1, 0.15) is 37.8 Å². The second-order valence-electron chi connectivity index (χ2n) is 4.44. The highest BCUT2D eigenvalue weighted by Gasteiger charge is 2.14. The van der Waals surface area contributed by atoms with Crippen LogP contribution in [0.4, 0.5) is 0 Å². The van der Waals surface area contributed by atoms with Crippen LogP contribution in [0.15, 0.2) is 12.1 Å². The Bertz CT molecular complexity index is 408. The van der Waals surface area contributed by atoms with Crippen LogP contribution in [0, 0.1) is 0 Å². The summed E-state index contributed by atoms with van der Waals surface area (Å²) in [5, 5.41) is 0. The molecule has 0 saturated heterocycles. The van der Waals surface area contributed by atoms with Gasteiger partial charge >= 0.3 is 0 Å². The van der Waals surface area contributed by atoms with Crippen molar-refractivity contribution in [2.45, 2.75) is 33.1 Å². The summed E-state index contributed by atoms with van der Waals surface area (Å²) in [5.74, 6) is 1.89. The minimum absolute atomic E-state index is 0.152. The number of benzene rings is 1. The fraction of sp³-hybridized carbons (Fsp3) is 0.500. The van der Waals surface area contributed by atoms with Gasteiger partial charge in [-0.1, -0.05) is 13.8 Å². The molecule has 0 radical (unpaired) electrons. The zero-order chi connectivity index (χ0) is 13.0. The summed E-state index contributed by atoms with van der Waals surface area (Å²) in [6, 6.07) is 3.86. The molecule has 3 nitrogen and oxygen atoms in total. The molecular weight excluding hydrogens is 216 g/mol. The lowest BCUT2D eigenvalue weighted by molar-refractivity contribution is -0.116. The van der Waals surface area contributed by atoms with E-state index in [-0.39, 0.29) is 5.78 Å². The Morgan fingerprint density at radius 2 is 1.71 bits per heavy atom. The molecule has 0 amide bonds. The predicted molar refractivity (Wildman–Crippen MR) is 68.0 cm³/mol. The lowest BCUT2D eigenvalue weighted by Gasteiger charge is -2.16. The van der Waals surface area contributed by atoms with Crippen molar-refractivity contribution in [3.63, 3.8) is 0 Å². The van der Waals surface area contributed by atoms with E-state index in [1.165, 1.54) is 0 Å². The minimum Gasteiger partial charge on any atom is -0.493 e. The smallest absolute Gasteiger partial charge is 0.161 e. The summed E-state index contributed by atoms with van der Waals surface area (Å²) in [6.07, 6.45) is 0.438. The van der Waals surface area contributed by atoms with E-state index in [1.54, 1.807) is 21.1 Å². The molecule has 0 unspecified atom stereocenters. The maximum absolute atomic E-state index is 11.3. The maximum Gasteiger partial charge on any atom is 0.161 e. The Balaban J connectivity index is 3.29. The fourth-order valence-corrected chi connectivity index (χ4v) is 1.90. The maximum atomic E-state index is 11.3. The Morgan fingerprint density at radius 1 is 1.18 bits per heavy atom. The van der Waals surface area contributed by atoms with Gasteiger partial charge in [0.1, 0.15) is 5.78 Å². The molecule has 0 aliphatic carbocycles. The molecule has 3 heteroatoms. The molecule has 0 saturated carbocycles. The zero-order valence-electron chi connectivity index (χ0n) is 11.2. The van der Waals surface area contributed by atoms with E-state index in [9.17, 15) is 4.79 Å². The topological polar surface area (TPSA) is 35.5 Å². The number of methoxy groups -OCH3 is 2. The van der Waals surface area contributed by atoms with E-state index >= 15 is 0 Å². The number of ether oxygens (including phenoxy) is 2. The molecule has 94 valence electrons. The predicted octanol–water partition coefficient (Wildman–Crippen LogP) is 2.96. The molecule has 0 spiro atoms. The summed E-state index contributed by atoms with van der Waals surface area (Å²) in [5.41, 5.74) is 2.16. The van der Waals surface area contributed by atoms with Crippen LogP contribution in [-0.2, 0) is 11.2 Å². The van der Waals surface area contributed by atoms with Crippen LogP contribution < -0.4 is 9.47 Å². The van der Waals surface area contributed by atoms with E-state index in [2.05, 4.69) is 13.8 Å². The van der Waals surface area contributed by atoms with E-state index < -0.39 is 0 Å². The van der Waals surface area contributed by atoms with Gasteiger partial charge < -0.3 is 9.47 Å². The summed E-state index contributed by atoms with van der Waals surface area (Å²) in [4.78, 5) is 11.3. The van der Waals surface area contributed by atoms with Crippen LogP contribution in [0.2, 0.25) is 0 Å². The third kappa shape index (κ3) is 3.22. The second-order valence-corrected chi connectivity index (χ2v) is 4.44. The first-order chi connectivity index (χ1) is 7.99. The molecule has 0 bridgehead atoms. The van der Waals surface area contributed by atoms with Crippen molar-refractivity contribution >= 4 is 5.78 Å². The van der Waals surface area contributed by atoms with Gasteiger partial charge in [0.15, 0.2) is 11.5 Å². The molecule has 0 atom stereocenters. The summed E-state index contributed by atoms with van der Waals surface area (Å²) in [6.45, 7) is 5.80. The van der Waals surface area contributed by atoms with Gasteiger partial charge in [-0.3, -0.25) is 4.79 Å². The third-order valence-electron chi connectivity index (χ3n) is 2.71. The van der Waals surface area contributed by atoms with Crippen LogP contribution >= 0.6 is 0 Å². The Labute approximate surface area is 103 Å². The fourth-order valence-electron chi connectivity index (χ4n) is 1.90. The zero-order valence-corrected chi connectivity index (χ0v) is 11.2. The summed E-state index contributed by atoms with van der Waals surface area (Å²) >= 11 is 0. The first-order valence-corrected chi connectivity index (χ1v) is 5.73. The number of carbonyl (C=O) groups excluding carboxylic acids is 1. The van der Waals surface area contributed by atoms with E-state index in [0.29, 0.717) is 23.8 Å². The van der Waals surface area contributed by atoms with Crippen LogP contribution in [-0.4, -0.2) is 20.0 Å². The first-order valence-electron chi connectivity index (χ1n) is 5.73. The average Bonchev–Trinajstić information content (AvgIpc) is 2.27. The third-order valence-corrected chi connectivity index (χ3v) is 2.71. The van der Waals surface area contributed by atoms with Crippen LogP contribution in [0.25, 0.3) is 0 Å². The minimum atomic E-state index is 0.152. The van der Waals surface area contributed by atoms with E-state index in [1.807, 2.05) is 12.1 Å². The highest BCUT2D eigenvalue weighted by Crippen LogP contribution is 2.34. The van der Waals surface area contributed by atoms with Gasteiger partial charge in [-0.05, 0) is 36.1 Å². The van der Waals surface area contributed by atoms with Crippen LogP contribution in [0.3, 0.4) is 0 Å². The number of hydrogen-bond acceptors (Lipinski definition) is 3. The Morgan fingerprint density at radius 3 is 2.12 bits per heavy atom. The molecule has 0 N–H and O–H groups in total. The molecule has 0 aliphatic rings. The van der Waals surface area contributed by atoms with Gasteiger partial charge in [-0.25, -0.2) is 0 Å². The van der Waals surface area contributed by atoms with Crippen molar-refractivity contribution in [2.24, 2.45) is 0 Å². The van der Waals surface area contributed by atoms with Crippen molar-refractivity contribution in [3.8, 4) is 11.5 Å². The lowest BCUT2D eigenvalue weighted by Crippen LogP contribution is -2.04. The number of ketones is 1. The lowest BCUT2D eigenvalue weighted by atomic mass is 9.93. The molecule has 0 aromatic heterocycles. The molecular formula is C14H20O3. The van der Waals surface area contributed by atoms with Crippen molar-refractivity contribution in [2.75, 3.05) is 14.2 Å². The monoisotopic (exact) mass is 236 g/mol. The Hall–Kier alpha value is -1.51. The molecule has 0 fully saturated rings. The quantitative estimate of drug-likeness (QED) is 0.788. The molecule has 1 aromatic rings. The molecule has 0 heterocycles. The summed E-state index contributed by atoms with van der Waals surface area (Å²) in [7, 11) is 3.22. The largest absolute Gasteiger partial charge is 0.493 e. The van der Waals surface area contributed by atoms with Gasteiger partial charge in [0.2, 0.25) is 0 Å². The number of rotatable bonds is 5. The highest BCUT2D eigenvalue weighted by atomic mass is 16.5. The van der Waals surface area contributed by atoms with Gasteiger partial charge in [0.05, 0.1) is 14.2 Å². The molecule has 1 aromatic carbocycles. The van der Waals surface area contributed by atoms with Crippen molar-refractivity contribution in [1.82, 2.24) is 0 Å². The highest BCUT2D eigenvalue weighted by molar-refractivity contribution is 5.79. The molecule has 17 heavy (non-hydrogen) atoms. The van der Waals surface area contributed by atoms with Gasteiger partial charge in [-0.2, -0.15) is 0 Å². The van der Waals surface area contributed by atoms with Crippen LogP contribution in [0.5, 0.6) is 11.5 Å². The van der Waals surface area contributed by atoms with Gasteiger partial charge in [0, 0.05) is 6.42 Å². The standard InChI is InChI=1S/C14H20O3/c1-9(2)12-8-14(17-5)13(16-4)7-11(12)6-10(3)15/h7-9H,6H2,1-5H3. The van der Waals surface area contributed by atoms with Gasteiger partial charge in [-0.15, -0.1) is 0 Å². The number of hydrogen-bond donors (Lipinski definition) is 0. The summed E-state index contributed by atoms with van der Waals surface area (Å²) < 4.78 is 10.5. The number of carbonyl (C=O) groups is 1.